The van der Waals surface area contributed by atoms with Crippen LogP contribution < -0.4 is 11.1 Å². The summed E-state index contributed by atoms with van der Waals surface area (Å²) in [4.78, 5) is 27.8. The van der Waals surface area contributed by atoms with Crippen molar-refractivity contribution in [1.29, 1.82) is 0 Å². The monoisotopic (exact) mass is 525 g/mol. The smallest absolute Gasteiger partial charge is 0.407 e. The second-order valence-electron chi connectivity index (χ2n) is 10.6. The van der Waals surface area contributed by atoms with Gasteiger partial charge in [-0.05, 0) is 48.6 Å². The molecule has 206 valence electrons. The predicted octanol–water partition coefficient (Wildman–Crippen LogP) is 2.87. The van der Waals surface area contributed by atoms with E-state index >= 15 is 0 Å². The Morgan fingerprint density at radius 1 is 1.11 bits per heavy atom. The lowest BCUT2D eigenvalue weighted by atomic mass is 10.00. The molecule has 2 aliphatic heterocycles. The molecule has 9 nitrogen and oxygen atoms in total. The van der Waals surface area contributed by atoms with Crippen molar-refractivity contribution in [3.63, 3.8) is 0 Å². The summed E-state index contributed by atoms with van der Waals surface area (Å²) in [6.45, 7) is 5.98. The molecular formula is C29H39N3O6. The summed E-state index contributed by atoms with van der Waals surface area (Å²) in [5.74, 6) is 0.245. The van der Waals surface area contributed by atoms with Crippen LogP contribution in [0.25, 0.3) is 0 Å². The van der Waals surface area contributed by atoms with Crippen molar-refractivity contribution in [1.82, 2.24) is 10.2 Å². The number of carbonyl (C=O) groups excluding carboxylic acids is 2. The SMILES string of the molecule is CC(C)CN(CC(=O)c1ccc(N)cc1)C[C@@H](O)[C@H](Cc1ccccc1)NC(=O)O[C@H]1COC2OCCC21. The molecule has 4 N–H and O–H groups in total. The third kappa shape index (κ3) is 7.77. The molecule has 38 heavy (non-hydrogen) atoms. The fourth-order valence-electron chi connectivity index (χ4n) is 5.10. The maximum atomic E-state index is 13.0. The van der Waals surface area contributed by atoms with Gasteiger partial charge in [0.2, 0.25) is 0 Å². The average Bonchev–Trinajstić information content (AvgIpc) is 3.49. The summed E-state index contributed by atoms with van der Waals surface area (Å²) >= 11 is 0. The van der Waals surface area contributed by atoms with Crippen molar-refractivity contribution in [2.75, 3.05) is 38.6 Å². The molecule has 2 aromatic rings. The average molecular weight is 526 g/mol. The van der Waals surface area contributed by atoms with Gasteiger partial charge in [-0.2, -0.15) is 0 Å². The Kier molecular flexibility index (Phi) is 9.74. The molecule has 2 aromatic carbocycles. The van der Waals surface area contributed by atoms with E-state index in [1.807, 2.05) is 35.2 Å². The normalized spacial score (nSPS) is 22.3. The maximum Gasteiger partial charge on any atom is 0.407 e. The fourth-order valence-corrected chi connectivity index (χ4v) is 5.10. The van der Waals surface area contributed by atoms with Crippen molar-refractivity contribution >= 4 is 17.6 Å². The quantitative estimate of drug-likeness (QED) is 0.286. The molecule has 5 atom stereocenters. The number of aliphatic hydroxyl groups is 1. The molecule has 0 aliphatic carbocycles. The van der Waals surface area contributed by atoms with Gasteiger partial charge in [-0.3, -0.25) is 9.69 Å². The number of nitrogens with zero attached hydrogens (tertiary/aromatic N) is 1. The van der Waals surface area contributed by atoms with Crippen LogP contribution in [0, 0.1) is 11.8 Å². The number of rotatable bonds is 12. The molecular weight excluding hydrogens is 486 g/mol. The van der Waals surface area contributed by atoms with Crippen LogP contribution in [0.4, 0.5) is 10.5 Å². The van der Waals surface area contributed by atoms with E-state index in [1.165, 1.54) is 0 Å². The number of hydrogen-bond acceptors (Lipinski definition) is 8. The third-order valence-electron chi connectivity index (χ3n) is 6.98. The number of anilines is 1. The molecule has 4 rings (SSSR count). The minimum atomic E-state index is -0.942. The van der Waals surface area contributed by atoms with Gasteiger partial charge in [-0.1, -0.05) is 44.2 Å². The first-order chi connectivity index (χ1) is 18.3. The van der Waals surface area contributed by atoms with Crippen LogP contribution in [-0.4, -0.2) is 79.3 Å². The second-order valence-corrected chi connectivity index (χ2v) is 10.6. The van der Waals surface area contributed by atoms with E-state index < -0.39 is 18.2 Å². The van der Waals surface area contributed by atoms with Crippen LogP contribution in [0.1, 0.15) is 36.2 Å². The molecule has 0 bridgehead atoms. The number of nitrogen functional groups attached to an aromatic ring is 1. The van der Waals surface area contributed by atoms with Gasteiger partial charge < -0.3 is 30.4 Å². The number of nitrogens with two attached hydrogens (primary N) is 1. The maximum absolute atomic E-state index is 13.0. The van der Waals surface area contributed by atoms with Crippen LogP contribution in [0.15, 0.2) is 54.6 Å². The molecule has 0 spiro atoms. The van der Waals surface area contributed by atoms with Crippen molar-refractivity contribution in [2.45, 2.75) is 51.2 Å². The summed E-state index contributed by atoms with van der Waals surface area (Å²) in [5.41, 5.74) is 7.89. The molecule has 0 radical (unpaired) electrons. The number of fused-ring (bicyclic) bond motifs is 1. The molecule has 2 saturated heterocycles. The van der Waals surface area contributed by atoms with Crippen molar-refractivity contribution in [3.05, 3.63) is 65.7 Å². The lowest BCUT2D eigenvalue weighted by Gasteiger charge is -2.31. The lowest BCUT2D eigenvalue weighted by Crippen LogP contribution is -2.51. The van der Waals surface area contributed by atoms with Gasteiger partial charge in [0.15, 0.2) is 12.1 Å². The molecule has 2 fully saturated rings. The highest BCUT2D eigenvalue weighted by Crippen LogP contribution is 2.33. The Balaban J connectivity index is 1.43. The van der Waals surface area contributed by atoms with Gasteiger partial charge in [-0.25, -0.2) is 4.79 Å². The first-order valence-corrected chi connectivity index (χ1v) is 13.3. The van der Waals surface area contributed by atoms with Crippen LogP contribution in [0.2, 0.25) is 0 Å². The zero-order chi connectivity index (χ0) is 27.1. The number of benzene rings is 2. The Hall–Kier alpha value is -2.98. The minimum absolute atomic E-state index is 0.0270. The third-order valence-corrected chi connectivity index (χ3v) is 6.98. The highest BCUT2D eigenvalue weighted by molar-refractivity contribution is 5.97. The van der Waals surface area contributed by atoms with E-state index in [4.69, 9.17) is 19.9 Å². The molecule has 2 heterocycles. The second kappa shape index (κ2) is 13.2. The van der Waals surface area contributed by atoms with Gasteiger partial charge in [0, 0.05) is 24.3 Å². The minimum Gasteiger partial charge on any atom is -0.443 e. The fraction of sp³-hybridized carbons (Fsp3) is 0.517. The number of hydrogen-bond donors (Lipinski definition) is 3. The van der Waals surface area contributed by atoms with Gasteiger partial charge >= 0.3 is 6.09 Å². The van der Waals surface area contributed by atoms with E-state index in [-0.39, 0.29) is 43.1 Å². The Morgan fingerprint density at radius 2 is 1.84 bits per heavy atom. The van der Waals surface area contributed by atoms with Crippen LogP contribution in [0.5, 0.6) is 0 Å². The molecule has 2 aliphatic rings. The summed E-state index contributed by atoms with van der Waals surface area (Å²) in [6.07, 6.45) is -1.05. The highest BCUT2D eigenvalue weighted by Gasteiger charge is 2.44. The first kappa shape index (κ1) is 28.0. The van der Waals surface area contributed by atoms with Crippen molar-refractivity contribution < 1.29 is 28.9 Å². The zero-order valence-electron chi connectivity index (χ0n) is 22.1. The van der Waals surface area contributed by atoms with E-state index in [9.17, 15) is 14.7 Å². The van der Waals surface area contributed by atoms with E-state index in [1.54, 1.807) is 24.3 Å². The largest absolute Gasteiger partial charge is 0.443 e. The Bertz CT molecular complexity index is 1050. The number of ether oxygens (including phenoxy) is 3. The summed E-state index contributed by atoms with van der Waals surface area (Å²) in [5, 5.41) is 14.2. The molecule has 9 heteroatoms. The zero-order valence-corrected chi connectivity index (χ0v) is 22.1. The molecule has 2 unspecified atom stereocenters. The van der Waals surface area contributed by atoms with Crippen molar-refractivity contribution in [2.24, 2.45) is 11.8 Å². The number of ketones is 1. The summed E-state index contributed by atoms with van der Waals surface area (Å²) in [6, 6.07) is 15.9. The number of Topliss-reactive ketones (excluding diaryl/α,β-unsaturated/α-hetero) is 1. The number of aliphatic hydroxyl groups excluding tert-OH is 1. The van der Waals surface area contributed by atoms with Crippen LogP contribution in [-0.2, 0) is 20.6 Å². The number of carbonyl (C=O) groups is 2. The molecule has 0 saturated carbocycles. The standard InChI is InChI=1S/C29H39N3O6/c1-19(2)15-32(16-25(33)21-8-10-22(30)11-9-21)17-26(34)24(14-20-6-4-3-5-7-20)31-29(35)38-27-18-37-28-23(27)12-13-36-28/h3-11,19,23-24,26-28,34H,12-18,30H2,1-2H3,(H,31,35)/t23?,24-,26+,27-,28?/m0/s1. The van der Waals surface area contributed by atoms with E-state index in [0.717, 1.165) is 12.0 Å². The summed E-state index contributed by atoms with van der Waals surface area (Å²) < 4.78 is 16.8. The lowest BCUT2D eigenvalue weighted by molar-refractivity contribution is -0.0907. The van der Waals surface area contributed by atoms with Gasteiger partial charge in [0.25, 0.3) is 0 Å². The molecule has 0 aromatic heterocycles. The van der Waals surface area contributed by atoms with Crippen LogP contribution >= 0.6 is 0 Å². The highest BCUT2D eigenvalue weighted by atomic mass is 16.7. The number of nitrogens with one attached hydrogen (secondary N) is 1. The van der Waals surface area contributed by atoms with E-state index in [0.29, 0.717) is 37.4 Å². The first-order valence-electron chi connectivity index (χ1n) is 13.3. The topological polar surface area (TPSA) is 123 Å². The molecule has 1 amide bonds. The van der Waals surface area contributed by atoms with Gasteiger partial charge in [0.1, 0.15) is 6.10 Å². The van der Waals surface area contributed by atoms with Gasteiger partial charge in [0.05, 0.1) is 37.8 Å². The Morgan fingerprint density at radius 3 is 2.55 bits per heavy atom. The number of alkyl carbamates (subject to hydrolysis) is 1. The Labute approximate surface area is 224 Å². The predicted molar refractivity (Wildman–Crippen MR) is 144 cm³/mol. The van der Waals surface area contributed by atoms with Gasteiger partial charge in [-0.15, -0.1) is 0 Å². The van der Waals surface area contributed by atoms with E-state index in [2.05, 4.69) is 19.2 Å². The van der Waals surface area contributed by atoms with Crippen LogP contribution in [0.3, 0.4) is 0 Å². The summed E-state index contributed by atoms with van der Waals surface area (Å²) in [7, 11) is 0. The number of amides is 1. The van der Waals surface area contributed by atoms with Crippen molar-refractivity contribution in [3.8, 4) is 0 Å².